The Balaban J connectivity index is 1.65. The van der Waals surface area contributed by atoms with E-state index in [-0.39, 0.29) is 30.0 Å². The molecule has 2 bridgehead atoms. The van der Waals surface area contributed by atoms with Gasteiger partial charge in [0.05, 0.1) is 12.0 Å². The van der Waals surface area contributed by atoms with E-state index < -0.39 is 6.09 Å². The van der Waals surface area contributed by atoms with E-state index in [9.17, 15) is 14.7 Å². The predicted molar refractivity (Wildman–Crippen MR) is 90.2 cm³/mol. The van der Waals surface area contributed by atoms with Crippen LogP contribution in [0.25, 0.3) is 0 Å². The SMILES string of the molecule is CC(C)Oc1ccc(NC(=O)[C@@H]2CC[C@@H]3CC[C@H]2N3C(=O)O)cc1. The Morgan fingerprint density at radius 3 is 2.46 bits per heavy atom. The van der Waals surface area contributed by atoms with Gasteiger partial charge in [0, 0.05) is 17.8 Å². The molecule has 3 rings (SSSR count). The fourth-order valence-electron chi connectivity index (χ4n) is 3.88. The summed E-state index contributed by atoms with van der Waals surface area (Å²) in [7, 11) is 0. The van der Waals surface area contributed by atoms with Crippen LogP contribution in [0.5, 0.6) is 5.75 Å². The van der Waals surface area contributed by atoms with Gasteiger partial charge in [-0.15, -0.1) is 0 Å². The number of hydrogen-bond donors (Lipinski definition) is 2. The van der Waals surface area contributed by atoms with E-state index in [1.54, 1.807) is 0 Å². The van der Waals surface area contributed by atoms with Crippen LogP contribution in [0.3, 0.4) is 0 Å². The van der Waals surface area contributed by atoms with Crippen molar-refractivity contribution in [3.63, 3.8) is 0 Å². The molecule has 0 aromatic heterocycles. The molecule has 2 aliphatic heterocycles. The van der Waals surface area contributed by atoms with Gasteiger partial charge in [-0.2, -0.15) is 0 Å². The summed E-state index contributed by atoms with van der Waals surface area (Å²) in [4.78, 5) is 25.6. The lowest BCUT2D eigenvalue weighted by Crippen LogP contribution is -2.50. The molecule has 130 valence electrons. The molecule has 2 heterocycles. The van der Waals surface area contributed by atoms with Crippen LogP contribution in [0.15, 0.2) is 24.3 Å². The molecule has 1 aromatic rings. The maximum atomic E-state index is 12.6. The molecule has 2 aliphatic rings. The average Bonchev–Trinajstić information content (AvgIpc) is 2.82. The second-order valence-corrected chi connectivity index (χ2v) is 6.85. The molecule has 0 saturated carbocycles. The smallest absolute Gasteiger partial charge is 0.407 e. The van der Waals surface area contributed by atoms with Gasteiger partial charge in [0.15, 0.2) is 0 Å². The third kappa shape index (κ3) is 3.32. The molecule has 2 N–H and O–H groups in total. The Morgan fingerprint density at radius 1 is 1.17 bits per heavy atom. The van der Waals surface area contributed by atoms with Gasteiger partial charge in [-0.05, 0) is 63.8 Å². The highest BCUT2D eigenvalue weighted by Crippen LogP contribution is 2.39. The minimum atomic E-state index is -0.907. The number of carbonyl (C=O) groups is 2. The number of ether oxygens (including phenoxy) is 1. The molecule has 2 fully saturated rings. The second kappa shape index (κ2) is 6.71. The van der Waals surface area contributed by atoms with Crippen LogP contribution in [0.2, 0.25) is 0 Å². The summed E-state index contributed by atoms with van der Waals surface area (Å²) in [5.74, 6) is 0.395. The van der Waals surface area contributed by atoms with E-state index in [1.165, 1.54) is 4.90 Å². The highest BCUT2D eigenvalue weighted by Gasteiger charge is 2.47. The fourth-order valence-corrected chi connectivity index (χ4v) is 3.88. The standard InChI is InChI=1S/C18H24N2O4/c1-11(2)24-14-7-3-12(4-8-14)19-17(21)15-9-5-13-6-10-16(15)20(13)18(22)23/h3-4,7-8,11,13,15-16H,5-6,9-10H2,1-2H3,(H,19,21)(H,22,23)/t13-,15-,16-/m1/s1. The normalized spacial score (nSPS) is 25.6. The van der Waals surface area contributed by atoms with Crippen molar-refractivity contribution in [1.29, 1.82) is 0 Å². The van der Waals surface area contributed by atoms with Gasteiger partial charge in [-0.1, -0.05) is 0 Å². The molecule has 0 spiro atoms. The molecular weight excluding hydrogens is 308 g/mol. The lowest BCUT2D eigenvalue weighted by molar-refractivity contribution is -0.122. The maximum Gasteiger partial charge on any atom is 0.407 e. The van der Waals surface area contributed by atoms with Gasteiger partial charge in [0.1, 0.15) is 5.75 Å². The van der Waals surface area contributed by atoms with Gasteiger partial charge in [0.25, 0.3) is 0 Å². The first-order valence-corrected chi connectivity index (χ1v) is 8.54. The zero-order chi connectivity index (χ0) is 17.3. The number of nitrogens with zero attached hydrogens (tertiary/aromatic N) is 1. The van der Waals surface area contributed by atoms with Crippen molar-refractivity contribution in [2.75, 3.05) is 5.32 Å². The molecule has 6 heteroatoms. The monoisotopic (exact) mass is 332 g/mol. The maximum absolute atomic E-state index is 12.6. The van der Waals surface area contributed by atoms with Crippen LogP contribution in [0.4, 0.5) is 10.5 Å². The van der Waals surface area contributed by atoms with E-state index in [4.69, 9.17) is 4.74 Å². The van der Waals surface area contributed by atoms with Gasteiger partial charge in [0.2, 0.25) is 5.91 Å². The predicted octanol–water partition coefficient (Wildman–Crippen LogP) is 3.33. The summed E-state index contributed by atoms with van der Waals surface area (Å²) in [6.07, 6.45) is 2.35. The minimum absolute atomic E-state index is 0.0871. The van der Waals surface area contributed by atoms with Crippen molar-refractivity contribution in [2.45, 2.75) is 57.7 Å². The number of hydrogen-bond acceptors (Lipinski definition) is 3. The topological polar surface area (TPSA) is 78.9 Å². The summed E-state index contributed by atoms with van der Waals surface area (Å²) in [5.41, 5.74) is 0.707. The van der Waals surface area contributed by atoms with Gasteiger partial charge in [-0.3, -0.25) is 4.79 Å². The van der Waals surface area contributed by atoms with Crippen LogP contribution in [0, 0.1) is 5.92 Å². The Bertz CT molecular complexity index is 614. The fraction of sp³-hybridized carbons (Fsp3) is 0.556. The molecular formula is C18H24N2O4. The third-order valence-electron chi connectivity index (χ3n) is 4.87. The zero-order valence-corrected chi connectivity index (χ0v) is 14.1. The summed E-state index contributed by atoms with van der Waals surface area (Å²) < 4.78 is 5.59. The second-order valence-electron chi connectivity index (χ2n) is 6.85. The number of rotatable bonds is 4. The molecule has 2 saturated heterocycles. The van der Waals surface area contributed by atoms with Crippen molar-refractivity contribution < 1.29 is 19.4 Å². The van der Waals surface area contributed by atoms with Crippen molar-refractivity contribution >= 4 is 17.7 Å². The van der Waals surface area contributed by atoms with Gasteiger partial charge in [-0.25, -0.2) is 4.79 Å². The van der Waals surface area contributed by atoms with E-state index in [0.29, 0.717) is 5.69 Å². The first kappa shape index (κ1) is 16.6. The quantitative estimate of drug-likeness (QED) is 0.886. The summed E-state index contributed by atoms with van der Waals surface area (Å²) in [6, 6.07) is 7.17. The van der Waals surface area contributed by atoms with Crippen LogP contribution in [-0.2, 0) is 4.79 Å². The molecule has 2 amide bonds. The number of carbonyl (C=O) groups excluding carboxylic acids is 1. The van der Waals surface area contributed by atoms with Crippen molar-refractivity contribution in [2.24, 2.45) is 5.92 Å². The first-order valence-electron chi connectivity index (χ1n) is 8.54. The van der Waals surface area contributed by atoms with Crippen molar-refractivity contribution in [1.82, 2.24) is 4.90 Å². The summed E-state index contributed by atoms with van der Waals surface area (Å²) in [5, 5.41) is 12.3. The third-order valence-corrected chi connectivity index (χ3v) is 4.87. The number of fused-ring (bicyclic) bond motifs is 2. The van der Waals surface area contributed by atoms with E-state index >= 15 is 0 Å². The number of piperidine rings is 1. The first-order chi connectivity index (χ1) is 11.5. The average molecular weight is 332 g/mol. The van der Waals surface area contributed by atoms with Crippen LogP contribution in [-0.4, -0.2) is 40.2 Å². The summed E-state index contributed by atoms with van der Waals surface area (Å²) >= 11 is 0. The number of nitrogens with one attached hydrogen (secondary N) is 1. The van der Waals surface area contributed by atoms with Crippen molar-refractivity contribution in [3.05, 3.63) is 24.3 Å². The Hall–Kier alpha value is -2.24. The lowest BCUT2D eigenvalue weighted by Gasteiger charge is -2.37. The Kier molecular flexibility index (Phi) is 4.64. The molecule has 24 heavy (non-hydrogen) atoms. The van der Waals surface area contributed by atoms with Crippen molar-refractivity contribution in [3.8, 4) is 5.75 Å². The number of amides is 2. The van der Waals surface area contributed by atoms with Crippen LogP contribution in [0.1, 0.15) is 39.5 Å². The molecule has 6 nitrogen and oxygen atoms in total. The lowest BCUT2D eigenvalue weighted by atomic mass is 9.89. The zero-order valence-electron chi connectivity index (χ0n) is 14.1. The Labute approximate surface area is 141 Å². The van der Waals surface area contributed by atoms with E-state index in [1.807, 2.05) is 38.1 Å². The highest BCUT2D eigenvalue weighted by molar-refractivity contribution is 5.93. The van der Waals surface area contributed by atoms with Crippen LogP contribution < -0.4 is 10.1 Å². The highest BCUT2D eigenvalue weighted by atomic mass is 16.5. The van der Waals surface area contributed by atoms with Gasteiger partial charge < -0.3 is 20.1 Å². The number of benzene rings is 1. The molecule has 3 atom stereocenters. The number of anilines is 1. The van der Waals surface area contributed by atoms with Crippen LogP contribution >= 0.6 is 0 Å². The molecule has 1 aromatic carbocycles. The molecule has 0 aliphatic carbocycles. The molecule has 0 unspecified atom stereocenters. The van der Waals surface area contributed by atoms with Gasteiger partial charge >= 0.3 is 6.09 Å². The number of carboxylic acid groups (broad SMARTS) is 1. The minimum Gasteiger partial charge on any atom is -0.491 e. The summed E-state index contributed by atoms with van der Waals surface area (Å²) in [6.45, 7) is 3.92. The molecule has 0 radical (unpaired) electrons. The Morgan fingerprint density at radius 2 is 1.83 bits per heavy atom. The van der Waals surface area contributed by atoms with E-state index in [2.05, 4.69) is 5.32 Å². The van der Waals surface area contributed by atoms with E-state index in [0.717, 1.165) is 31.4 Å². The largest absolute Gasteiger partial charge is 0.491 e.